The SMILES string of the molecule is CC(C)(C)NC(=O)Nc1ccc(C2=NC(CCc3ccccc3)C(=O)Nc3ccc(Cl)cc32)cc1. The lowest BCUT2D eigenvalue weighted by Crippen LogP contribution is -2.43. The van der Waals surface area contributed by atoms with Crippen molar-refractivity contribution in [2.75, 3.05) is 10.6 Å². The van der Waals surface area contributed by atoms with Gasteiger partial charge in [0.1, 0.15) is 6.04 Å². The van der Waals surface area contributed by atoms with Gasteiger partial charge in [0.2, 0.25) is 5.91 Å². The zero-order chi connectivity index (χ0) is 25.0. The molecular weight excluding hydrogens is 460 g/mol. The van der Waals surface area contributed by atoms with Crippen molar-refractivity contribution in [3.63, 3.8) is 0 Å². The number of amides is 3. The number of carbonyl (C=O) groups is 2. The highest BCUT2D eigenvalue weighted by Crippen LogP contribution is 2.28. The number of fused-ring (bicyclic) bond motifs is 1. The van der Waals surface area contributed by atoms with Crippen LogP contribution >= 0.6 is 11.6 Å². The van der Waals surface area contributed by atoms with Gasteiger partial charge in [-0.3, -0.25) is 9.79 Å². The highest BCUT2D eigenvalue weighted by Gasteiger charge is 2.26. The third kappa shape index (κ3) is 6.49. The summed E-state index contributed by atoms with van der Waals surface area (Å²) >= 11 is 6.31. The third-order valence-electron chi connectivity index (χ3n) is 5.54. The Morgan fingerprint density at radius 1 is 1.03 bits per heavy atom. The van der Waals surface area contributed by atoms with Crippen molar-refractivity contribution in [3.8, 4) is 0 Å². The van der Waals surface area contributed by atoms with Gasteiger partial charge in [-0.25, -0.2) is 4.79 Å². The third-order valence-corrected chi connectivity index (χ3v) is 5.77. The van der Waals surface area contributed by atoms with Crippen molar-refractivity contribution in [1.82, 2.24) is 5.32 Å². The molecule has 1 aliphatic rings. The minimum Gasteiger partial charge on any atom is -0.333 e. The summed E-state index contributed by atoms with van der Waals surface area (Å²) < 4.78 is 0. The van der Waals surface area contributed by atoms with Crippen LogP contribution in [0.4, 0.5) is 16.2 Å². The number of anilines is 2. The summed E-state index contributed by atoms with van der Waals surface area (Å²) in [5.74, 6) is -0.142. The van der Waals surface area contributed by atoms with Crippen molar-refractivity contribution in [2.45, 2.75) is 45.2 Å². The Hall–Kier alpha value is -3.64. The molecule has 4 rings (SSSR count). The molecule has 0 bridgehead atoms. The fourth-order valence-corrected chi connectivity index (χ4v) is 4.08. The summed E-state index contributed by atoms with van der Waals surface area (Å²) in [6.07, 6.45) is 1.31. The van der Waals surface area contributed by atoms with Gasteiger partial charge in [0.15, 0.2) is 0 Å². The smallest absolute Gasteiger partial charge is 0.319 e. The van der Waals surface area contributed by atoms with Crippen LogP contribution in [0, 0.1) is 0 Å². The molecule has 3 aromatic rings. The first kappa shape index (κ1) is 24.5. The average Bonchev–Trinajstić information content (AvgIpc) is 2.93. The number of nitrogens with one attached hydrogen (secondary N) is 3. The van der Waals surface area contributed by atoms with E-state index < -0.39 is 6.04 Å². The zero-order valence-electron chi connectivity index (χ0n) is 20.1. The van der Waals surface area contributed by atoms with Gasteiger partial charge in [0.05, 0.1) is 11.4 Å². The first-order valence-corrected chi connectivity index (χ1v) is 12.0. The molecule has 6 nitrogen and oxygen atoms in total. The number of hydrogen-bond donors (Lipinski definition) is 3. The van der Waals surface area contributed by atoms with Crippen LogP contribution in [0.1, 0.15) is 43.9 Å². The molecule has 1 unspecified atom stereocenters. The molecule has 0 fully saturated rings. The molecule has 1 heterocycles. The summed E-state index contributed by atoms with van der Waals surface area (Å²) in [5, 5.41) is 9.30. The Morgan fingerprint density at radius 2 is 1.74 bits per heavy atom. The van der Waals surface area contributed by atoms with E-state index in [1.54, 1.807) is 12.1 Å². The highest BCUT2D eigenvalue weighted by atomic mass is 35.5. The Morgan fingerprint density at radius 3 is 2.43 bits per heavy atom. The molecule has 3 N–H and O–H groups in total. The van der Waals surface area contributed by atoms with Crippen molar-refractivity contribution in [3.05, 3.63) is 94.5 Å². The molecule has 0 saturated heterocycles. The summed E-state index contributed by atoms with van der Waals surface area (Å²) in [6, 6.07) is 22.0. The number of halogens is 1. The second-order valence-electron chi connectivity index (χ2n) is 9.60. The van der Waals surface area contributed by atoms with Gasteiger partial charge in [0, 0.05) is 27.4 Å². The van der Waals surface area contributed by atoms with Gasteiger partial charge < -0.3 is 16.0 Å². The first-order chi connectivity index (χ1) is 16.7. The average molecular weight is 489 g/mol. The Labute approximate surface area is 210 Å². The van der Waals surface area contributed by atoms with Gasteiger partial charge in [0.25, 0.3) is 0 Å². The van der Waals surface area contributed by atoms with Gasteiger partial charge in [-0.05, 0) is 69.5 Å². The number of urea groups is 1. The van der Waals surface area contributed by atoms with Crippen LogP contribution in [0.2, 0.25) is 5.02 Å². The van der Waals surface area contributed by atoms with E-state index in [2.05, 4.69) is 28.1 Å². The van der Waals surface area contributed by atoms with E-state index in [9.17, 15) is 9.59 Å². The molecule has 180 valence electrons. The highest BCUT2D eigenvalue weighted by molar-refractivity contribution is 6.32. The maximum absolute atomic E-state index is 13.0. The summed E-state index contributed by atoms with van der Waals surface area (Å²) in [6.45, 7) is 5.77. The number of benzodiazepines with no additional fused rings is 1. The van der Waals surface area contributed by atoms with Crippen molar-refractivity contribution < 1.29 is 9.59 Å². The number of nitrogens with zero attached hydrogens (tertiary/aromatic N) is 1. The second-order valence-corrected chi connectivity index (χ2v) is 10.0. The van der Waals surface area contributed by atoms with E-state index in [1.165, 1.54) is 0 Å². The second kappa shape index (κ2) is 10.3. The van der Waals surface area contributed by atoms with E-state index >= 15 is 0 Å². The molecule has 1 aliphatic heterocycles. The van der Waals surface area contributed by atoms with Gasteiger partial charge in [-0.15, -0.1) is 0 Å². The number of aliphatic imine (C=N–C) groups is 1. The predicted octanol–water partition coefficient (Wildman–Crippen LogP) is 6.05. The number of aryl methyl sites for hydroxylation is 1. The van der Waals surface area contributed by atoms with Crippen LogP contribution in [0.15, 0.2) is 77.8 Å². The van der Waals surface area contributed by atoms with Crippen LogP contribution in [-0.2, 0) is 11.2 Å². The van der Waals surface area contributed by atoms with Crippen molar-refractivity contribution in [1.29, 1.82) is 0 Å². The zero-order valence-corrected chi connectivity index (χ0v) is 20.8. The lowest BCUT2D eigenvalue weighted by atomic mass is 10.00. The van der Waals surface area contributed by atoms with Crippen LogP contribution in [0.5, 0.6) is 0 Å². The van der Waals surface area contributed by atoms with E-state index in [0.717, 1.165) is 23.1 Å². The molecule has 35 heavy (non-hydrogen) atoms. The fourth-order valence-electron chi connectivity index (χ4n) is 3.91. The largest absolute Gasteiger partial charge is 0.333 e. The fraction of sp³-hybridized carbons (Fsp3) is 0.250. The summed E-state index contributed by atoms with van der Waals surface area (Å²) in [4.78, 5) is 30.2. The molecule has 0 spiro atoms. The molecule has 7 heteroatoms. The van der Waals surface area contributed by atoms with E-state index in [0.29, 0.717) is 28.5 Å². The topological polar surface area (TPSA) is 82.6 Å². The monoisotopic (exact) mass is 488 g/mol. The predicted molar refractivity (Wildman–Crippen MR) is 143 cm³/mol. The molecular formula is C28H29ClN4O2. The summed E-state index contributed by atoms with van der Waals surface area (Å²) in [7, 11) is 0. The van der Waals surface area contributed by atoms with Gasteiger partial charge in [-0.1, -0.05) is 54.1 Å². The van der Waals surface area contributed by atoms with Crippen molar-refractivity contribution >= 4 is 40.6 Å². The number of benzene rings is 3. The van der Waals surface area contributed by atoms with E-state index in [4.69, 9.17) is 16.6 Å². The first-order valence-electron chi connectivity index (χ1n) is 11.6. The van der Waals surface area contributed by atoms with E-state index in [1.807, 2.05) is 69.3 Å². The van der Waals surface area contributed by atoms with Gasteiger partial charge >= 0.3 is 6.03 Å². The molecule has 1 atom stereocenters. The van der Waals surface area contributed by atoms with Crippen LogP contribution in [-0.4, -0.2) is 29.2 Å². The normalized spacial score (nSPS) is 15.4. The number of rotatable bonds is 5. The quantitative estimate of drug-likeness (QED) is 0.408. The van der Waals surface area contributed by atoms with Crippen molar-refractivity contribution in [2.24, 2.45) is 4.99 Å². The van der Waals surface area contributed by atoms with Crippen LogP contribution < -0.4 is 16.0 Å². The van der Waals surface area contributed by atoms with Crippen LogP contribution in [0.3, 0.4) is 0 Å². The maximum Gasteiger partial charge on any atom is 0.319 e. The number of carbonyl (C=O) groups excluding carboxylic acids is 2. The molecule has 0 saturated carbocycles. The number of hydrogen-bond acceptors (Lipinski definition) is 3. The van der Waals surface area contributed by atoms with Gasteiger partial charge in [-0.2, -0.15) is 0 Å². The molecule has 0 radical (unpaired) electrons. The maximum atomic E-state index is 13.0. The minimum absolute atomic E-state index is 0.142. The standard InChI is InChI=1S/C28H29ClN4O2/c1-28(2,3)33-27(35)30-21-13-10-19(11-14-21)25-22-17-20(29)12-16-23(22)32-26(34)24(31-25)15-9-18-7-5-4-6-8-18/h4-8,10-14,16-17,24H,9,15H2,1-3H3,(H,32,34)(H2,30,33,35). The molecule has 0 aliphatic carbocycles. The van der Waals surface area contributed by atoms with Crippen LogP contribution in [0.25, 0.3) is 0 Å². The summed E-state index contributed by atoms with van der Waals surface area (Å²) in [5.41, 5.74) is 4.43. The lowest BCUT2D eigenvalue weighted by molar-refractivity contribution is -0.117. The Balaban J connectivity index is 1.63. The Kier molecular flexibility index (Phi) is 7.22. The molecule has 3 aromatic carbocycles. The lowest BCUT2D eigenvalue weighted by Gasteiger charge is -2.20. The Bertz CT molecular complexity index is 1250. The van der Waals surface area contributed by atoms with E-state index in [-0.39, 0.29) is 17.5 Å². The molecule has 3 amide bonds. The molecule has 0 aromatic heterocycles. The minimum atomic E-state index is -0.549.